The number of aromatic carboxylic acids is 1. The smallest absolute Gasteiger partial charge is 0.337 e. The van der Waals surface area contributed by atoms with Crippen LogP contribution in [0.3, 0.4) is 0 Å². The lowest BCUT2D eigenvalue weighted by atomic mass is 10.1. The van der Waals surface area contributed by atoms with E-state index in [-0.39, 0.29) is 0 Å². The molecule has 0 saturated heterocycles. The molecule has 3 nitrogen and oxygen atoms in total. The highest BCUT2D eigenvalue weighted by Crippen LogP contribution is 2.27. The third-order valence-electron chi connectivity index (χ3n) is 2.92. The number of aryl methyl sites for hydroxylation is 1. The zero-order valence-electron chi connectivity index (χ0n) is 18.4. The number of para-hydroxylation sites is 1. The van der Waals surface area contributed by atoms with E-state index in [1.165, 1.54) is 5.56 Å². The summed E-state index contributed by atoms with van der Waals surface area (Å²) in [6, 6.07) is 15.0. The molecule has 0 aliphatic rings. The van der Waals surface area contributed by atoms with Crippen molar-refractivity contribution in [2.24, 2.45) is 0 Å². The summed E-state index contributed by atoms with van der Waals surface area (Å²) in [6.45, 7) is 18.0. The van der Waals surface area contributed by atoms with Gasteiger partial charge >= 0.3 is 5.97 Å². The van der Waals surface area contributed by atoms with Gasteiger partial charge in [0.15, 0.2) is 0 Å². The fourth-order valence-electron chi connectivity index (χ4n) is 1.85. The number of carbonyl (C=O) groups is 1. The van der Waals surface area contributed by atoms with Gasteiger partial charge in [-0.1, -0.05) is 85.2 Å². The second-order valence-corrected chi connectivity index (χ2v) is 4.22. The van der Waals surface area contributed by atoms with Crippen LogP contribution in [-0.4, -0.2) is 18.1 Å². The molecule has 0 unspecified atom stereocenters. The first kappa shape index (κ1) is 28.5. The molecule has 26 heavy (non-hydrogen) atoms. The minimum Gasteiger partial charge on any atom is -0.478 e. The van der Waals surface area contributed by atoms with Crippen LogP contribution >= 0.6 is 0 Å². The lowest BCUT2D eigenvalue weighted by Crippen LogP contribution is -2.13. The fraction of sp³-hybridized carbons (Fsp3) is 0.435. The first-order valence-electron chi connectivity index (χ1n) is 9.72. The van der Waals surface area contributed by atoms with Crippen molar-refractivity contribution < 1.29 is 9.90 Å². The predicted octanol–water partition coefficient (Wildman–Crippen LogP) is 7.57. The van der Waals surface area contributed by atoms with Crippen molar-refractivity contribution in [1.29, 1.82) is 0 Å². The number of anilines is 2. The molecular weight excluding hydrogens is 322 g/mol. The van der Waals surface area contributed by atoms with Crippen LogP contribution in [0, 0.1) is 6.92 Å². The quantitative estimate of drug-likeness (QED) is 0.613. The van der Waals surface area contributed by atoms with Gasteiger partial charge in [0.1, 0.15) is 0 Å². The first-order chi connectivity index (χ1) is 12.6. The fourth-order valence-corrected chi connectivity index (χ4v) is 1.85. The highest BCUT2D eigenvalue weighted by molar-refractivity contribution is 5.95. The Bertz CT molecular complexity index is 563. The molecule has 148 valence electrons. The topological polar surface area (TPSA) is 40.5 Å². The standard InChI is InChI=1S/C15H15NO2.4C2H6/c1-11-7-9-12(10-8-11)16(2)14-6-4-3-5-13(14)15(17)18;4*1-2/h3-10H,1-2H3,(H,17,18);4*1-2H3. The van der Waals surface area contributed by atoms with Crippen molar-refractivity contribution in [3.8, 4) is 0 Å². The molecule has 0 fully saturated rings. The van der Waals surface area contributed by atoms with E-state index in [1.54, 1.807) is 12.1 Å². The van der Waals surface area contributed by atoms with Crippen molar-refractivity contribution in [1.82, 2.24) is 0 Å². The van der Waals surface area contributed by atoms with Crippen LogP contribution in [-0.2, 0) is 0 Å². The van der Waals surface area contributed by atoms with Crippen LogP contribution < -0.4 is 4.90 Å². The molecule has 0 aliphatic heterocycles. The normalized spacial score (nSPS) is 7.92. The van der Waals surface area contributed by atoms with Gasteiger partial charge in [-0.15, -0.1) is 0 Å². The summed E-state index contributed by atoms with van der Waals surface area (Å²) < 4.78 is 0. The second kappa shape index (κ2) is 19.0. The van der Waals surface area contributed by atoms with Crippen molar-refractivity contribution in [3.05, 3.63) is 59.7 Å². The Balaban J connectivity index is -0.000000585. The van der Waals surface area contributed by atoms with Crippen LogP contribution in [0.2, 0.25) is 0 Å². The maximum absolute atomic E-state index is 11.2. The van der Waals surface area contributed by atoms with Gasteiger partial charge in [0.05, 0.1) is 11.3 Å². The minimum atomic E-state index is -0.912. The summed E-state index contributed by atoms with van der Waals surface area (Å²) in [4.78, 5) is 13.1. The first-order valence-corrected chi connectivity index (χ1v) is 9.72. The zero-order valence-corrected chi connectivity index (χ0v) is 18.4. The van der Waals surface area contributed by atoms with Crippen molar-refractivity contribution in [3.63, 3.8) is 0 Å². The van der Waals surface area contributed by atoms with E-state index in [2.05, 4.69) is 0 Å². The number of rotatable bonds is 3. The molecule has 0 saturated carbocycles. The Morgan fingerprint density at radius 1 is 0.769 bits per heavy atom. The maximum atomic E-state index is 11.2. The van der Waals surface area contributed by atoms with Crippen LogP contribution in [0.1, 0.15) is 71.3 Å². The summed E-state index contributed by atoms with van der Waals surface area (Å²) >= 11 is 0. The number of nitrogens with zero attached hydrogens (tertiary/aromatic N) is 1. The highest BCUT2D eigenvalue weighted by atomic mass is 16.4. The van der Waals surface area contributed by atoms with Crippen LogP contribution in [0.15, 0.2) is 48.5 Å². The van der Waals surface area contributed by atoms with Gasteiger partial charge in [0, 0.05) is 12.7 Å². The van der Waals surface area contributed by atoms with Crippen molar-refractivity contribution in [2.45, 2.75) is 62.3 Å². The number of benzene rings is 2. The Kier molecular flexibility index (Phi) is 20.9. The molecule has 0 heterocycles. The van der Waals surface area contributed by atoms with Crippen molar-refractivity contribution >= 4 is 17.3 Å². The Labute approximate surface area is 161 Å². The minimum absolute atomic E-state index is 0.306. The summed E-state index contributed by atoms with van der Waals surface area (Å²) in [7, 11) is 1.87. The van der Waals surface area contributed by atoms with E-state index in [9.17, 15) is 9.90 Å². The van der Waals surface area contributed by atoms with Gasteiger partial charge in [0.25, 0.3) is 0 Å². The molecule has 0 radical (unpaired) electrons. The average molecular weight is 362 g/mol. The van der Waals surface area contributed by atoms with E-state index in [1.807, 2.05) is 111 Å². The Hall–Kier alpha value is -2.29. The highest BCUT2D eigenvalue weighted by Gasteiger charge is 2.13. The SMILES string of the molecule is CC.CC.CC.CC.Cc1ccc(N(C)c2ccccc2C(=O)O)cc1. The molecule has 2 aromatic rings. The van der Waals surface area contributed by atoms with Crippen LogP contribution in [0.5, 0.6) is 0 Å². The third-order valence-corrected chi connectivity index (χ3v) is 2.92. The zero-order chi connectivity index (χ0) is 21.1. The van der Waals surface area contributed by atoms with Gasteiger partial charge in [0.2, 0.25) is 0 Å². The van der Waals surface area contributed by atoms with E-state index in [0.29, 0.717) is 11.3 Å². The van der Waals surface area contributed by atoms with Crippen LogP contribution in [0.25, 0.3) is 0 Å². The number of hydrogen-bond donors (Lipinski definition) is 1. The second-order valence-electron chi connectivity index (χ2n) is 4.22. The molecule has 0 spiro atoms. The van der Waals surface area contributed by atoms with Gasteiger partial charge in [-0.3, -0.25) is 0 Å². The number of carboxylic acid groups (broad SMARTS) is 1. The molecule has 3 heteroatoms. The average Bonchev–Trinajstić information content (AvgIpc) is 2.74. The molecule has 1 N–H and O–H groups in total. The largest absolute Gasteiger partial charge is 0.478 e. The van der Waals surface area contributed by atoms with Crippen molar-refractivity contribution in [2.75, 3.05) is 11.9 Å². The summed E-state index contributed by atoms with van der Waals surface area (Å²) in [5, 5.41) is 9.18. The molecule has 0 bridgehead atoms. The van der Waals surface area contributed by atoms with Gasteiger partial charge in [-0.2, -0.15) is 0 Å². The summed E-state index contributed by atoms with van der Waals surface area (Å²) in [5.41, 5.74) is 3.14. The van der Waals surface area contributed by atoms with E-state index in [0.717, 1.165) is 5.69 Å². The van der Waals surface area contributed by atoms with Gasteiger partial charge in [-0.05, 0) is 31.2 Å². The lowest BCUT2D eigenvalue weighted by Gasteiger charge is -2.21. The molecular formula is C23H39NO2. The number of carboxylic acids is 1. The molecule has 2 rings (SSSR count). The summed E-state index contributed by atoms with van der Waals surface area (Å²) in [6.07, 6.45) is 0. The van der Waals surface area contributed by atoms with Gasteiger partial charge in [-0.25, -0.2) is 4.79 Å². The monoisotopic (exact) mass is 361 g/mol. The van der Waals surface area contributed by atoms with E-state index >= 15 is 0 Å². The molecule has 2 aromatic carbocycles. The summed E-state index contributed by atoms with van der Waals surface area (Å²) in [5.74, 6) is -0.912. The molecule has 0 atom stereocenters. The Morgan fingerprint density at radius 2 is 1.19 bits per heavy atom. The Morgan fingerprint density at radius 3 is 1.62 bits per heavy atom. The number of hydrogen-bond acceptors (Lipinski definition) is 2. The third kappa shape index (κ3) is 9.87. The predicted molar refractivity (Wildman–Crippen MR) is 118 cm³/mol. The maximum Gasteiger partial charge on any atom is 0.337 e. The van der Waals surface area contributed by atoms with E-state index < -0.39 is 5.97 Å². The molecule has 0 amide bonds. The van der Waals surface area contributed by atoms with E-state index in [4.69, 9.17) is 0 Å². The van der Waals surface area contributed by atoms with Crippen LogP contribution in [0.4, 0.5) is 11.4 Å². The van der Waals surface area contributed by atoms with Gasteiger partial charge < -0.3 is 10.0 Å². The molecule has 0 aliphatic carbocycles. The molecule has 0 aromatic heterocycles. The lowest BCUT2D eigenvalue weighted by molar-refractivity contribution is 0.0697.